The lowest BCUT2D eigenvalue weighted by molar-refractivity contribution is 0.354. The molecule has 0 aromatic heterocycles. The average molecular weight is 305 g/mol. The quantitative estimate of drug-likeness (QED) is 0.667. The number of benzene rings is 1. The van der Waals surface area contributed by atoms with Crippen LogP contribution in [0.4, 0.5) is 0 Å². The maximum Gasteiger partial charge on any atom is 0.133 e. The zero-order valence-corrected chi connectivity index (χ0v) is 12.2. The Bertz CT molecular complexity index is 498. The van der Waals surface area contributed by atoms with Gasteiger partial charge in [0.15, 0.2) is 0 Å². The summed E-state index contributed by atoms with van der Waals surface area (Å²) in [6.07, 6.45) is 3.79. The minimum atomic E-state index is 0.447. The molecule has 0 saturated heterocycles. The maximum atomic E-state index is 5.64. The van der Waals surface area contributed by atoms with Crippen molar-refractivity contribution in [3.63, 3.8) is 0 Å². The van der Waals surface area contributed by atoms with E-state index in [1.54, 1.807) is 0 Å². The first kappa shape index (κ1) is 14.5. The lowest BCUT2D eigenvalue weighted by Gasteiger charge is -2.07. The van der Waals surface area contributed by atoms with Gasteiger partial charge in [-0.1, -0.05) is 49.6 Å². The van der Waals surface area contributed by atoms with E-state index in [1.165, 1.54) is 0 Å². The first-order valence-electron chi connectivity index (χ1n) is 5.58. The normalized spacial score (nSPS) is 10.3. The minimum absolute atomic E-state index is 0.447. The van der Waals surface area contributed by atoms with Crippen molar-refractivity contribution in [3.05, 3.63) is 77.3 Å². The largest absolute Gasteiger partial charge is 0.488 e. The van der Waals surface area contributed by atoms with Crippen molar-refractivity contribution in [2.45, 2.75) is 6.92 Å². The van der Waals surface area contributed by atoms with Crippen molar-refractivity contribution in [2.75, 3.05) is 6.61 Å². The number of rotatable bonds is 6. The molecule has 1 aromatic carbocycles. The van der Waals surface area contributed by atoms with Gasteiger partial charge in [-0.25, -0.2) is 0 Å². The van der Waals surface area contributed by atoms with Gasteiger partial charge >= 0.3 is 0 Å². The monoisotopic (exact) mass is 304 g/mol. The number of ether oxygens (including phenoxy) is 1. The Kier molecular flexibility index (Phi) is 5.66. The van der Waals surface area contributed by atoms with Crippen molar-refractivity contribution < 1.29 is 4.74 Å². The van der Waals surface area contributed by atoms with E-state index >= 15 is 0 Å². The van der Waals surface area contributed by atoms with E-state index in [-0.39, 0.29) is 0 Å². The van der Waals surface area contributed by atoms with Crippen molar-refractivity contribution >= 4 is 15.9 Å². The van der Waals surface area contributed by atoms with Gasteiger partial charge in [0.05, 0.1) is 4.47 Å². The minimum Gasteiger partial charge on any atom is -0.488 e. The van der Waals surface area contributed by atoms with Gasteiger partial charge in [-0.15, -0.1) is 0 Å². The van der Waals surface area contributed by atoms with Gasteiger partial charge in [-0.2, -0.15) is 0 Å². The molecule has 0 N–H and O–H groups in total. The van der Waals surface area contributed by atoms with Crippen LogP contribution in [0.25, 0.3) is 0 Å². The standard InChI is InChI=1S/C16H17BrO/c1-12(2)14(4)10-9-13(3)11-18-16-8-6-5-7-15(16)17/h5-10H,1,3-4,11H2,2H3/b10-9-. The molecule has 0 aliphatic heterocycles. The highest BCUT2D eigenvalue weighted by Crippen LogP contribution is 2.24. The molecular formula is C16H17BrO. The van der Waals surface area contributed by atoms with Crippen molar-refractivity contribution in [1.82, 2.24) is 0 Å². The second-order valence-corrected chi connectivity index (χ2v) is 4.87. The first-order valence-corrected chi connectivity index (χ1v) is 6.38. The third-order valence-electron chi connectivity index (χ3n) is 2.32. The van der Waals surface area contributed by atoms with Crippen LogP contribution in [0.2, 0.25) is 0 Å². The Labute approximate surface area is 117 Å². The third kappa shape index (κ3) is 4.76. The molecule has 94 valence electrons. The molecule has 0 aliphatic rings. The summed E-state index contributed by atoms with van der Waals surface area (Å²) in [6, 6.07) is 7.73. The van der Waals surface area contributed by atoms with Crippen molar-refractivity contribution in [3.8, 4) is 5.75 Å². The smallest absolute Gasteiger partial charge is 0.133 e. The highest BCUT2D eigenvalue weighted by Gasteiger charge is 1.99. The van der Waals surface area contributed by atoms with Gasteiger partial charge in [0.1, 0.15) is 12.4 Å². The summed E-state index contributed by atoms with van der Waals surface area (Å²) < 4.78 is 6.58. The zero-order chi connectivity index (χ0) is 13.5. The van der Waals surface area contributed by atoms with Crippen LogP contribution < -0.4 is 4.74 Å². The van der Waals surface area contributed by atoms with Crippen LogP contribution in [-0.2, 0) is 0 Å². The van der Waals surface area contributed by atoms with Gasteiger partial charge < -0.3 is 4.74 Å². The van der Waals surface area contributed by atoms with Crippen LogP contribution in [0.1, 0.15) is 6.92 Å². The van der Waals surface area contributed by atoms with Crippen LogP contribution in [0.5, 0.6) is 5.75 Å². The lowest BCUT2D eigenvalue weighted by Crippen LogP contribution is -1.99. The van der Waals surface area contributed by atoms with Crippen molar-refractivity contribution in [2.24, 2.45) is 0 Å². The van der Waals surface area contributed by atoms with E-state index in [0.717, 1.165) is 26.9 Å². The van der Waals surface area contributed by atoms with Crippen LogP contribution in [0.15, 0.2) is 77.3 Å². The van der Waals surface area contributed by atoms with E-state index in [2.05, 4.69) is 35.7 Å². The summed E-state index contributed by atoms with van der Waals surface area (Å²) in [7, 11) is 0. The molecule has 0 unspecified atom stereocenters. The van der Waals surface area contributed by atoms with Gasteiger partial charge in [-0.3, -0.25) is 0 Å². The predicted octanol–water partition coefficient (Wildman–Crippen LogP) is 5.07. The molecule has 0 radical (unpaired) electrons. The van der Waals surface area contributed by atoms with Gasteiger partial charge in [0.2, 0.25) is 0 Å². The Balaban J connectivity index is 2.50. The Morgan fingerprint density at radius 1 is 1.22 bits per heavy atom. The summed E-state index contributed by atoms with van der Waals surface area (Å²) in [5, 5.41) is 0. The van der Waals surface area contributed by atoms with Crippen molar-refractivity contribution in [1.29, 1.82) is 0 Å². The highest BCUT2D eigenvalue weighted by molar-refractivity contribution is 9.10. The molecule has 0 saturated carbocycles. The summed E-state index contributed by atoms with van der Waals surface area (Å²) >= 11 is 3.43. The summed E-state index contributed by atoms with van der Waals surface area (Å²) in [4.78, 5) is 0. The van der Waals surface area contributed by atoms with E-state index in [1.807, 2.05) is 43.3 Å². The number of hydrogen-bond donors (Lipinski definition) is 0. The Morgan fingerprint density at radius 2 is 1.89 bits per heavy atom. The summed E-state index contributed by atoms with van der Waals surface area (Å²) in [5.74, 6) is 0.811. The second-order valence-electron chi connectivity index (χ2n) is 4.02. The summed E-state index contributed by atoms with van der Waals surface area (Å²) in [6.45, 7) is 14.0. The fourth-order valence-electron chi connectivity index (χ4n) is 1.14. The topological polar surface area (TPSA) is 9.23 Å². The molecule has 0 atom stereocenters. The fraction of sp³-hybridized carbons (Fsp3) is 0.125. The van der Waals surface area contributed by atoms with Crippen LogP contribution >= 0.6 is 15.9 Å². The van der Waals surface area contributed by atoms with Crippen LogP contribution in [0.3, 0.4) is 0 Å². The molecular weight excluding hydrogens is 288 g/mol. The molecule has 0 amide bonds. The second kappa shape index (κ2) is 7.02. The average Bonchev–Trinajstić information content (AvgIpc) is 2.34. The molecule has 0 heterocycles. The number of para-hydroxylation sites is 1. The van der Waals surface area contributed by atoms with E-state index in [0.29, 0.717) is 6.61 Å². The highest BCUT2D eigenvalue weighted by atomic mass is 79.9. The van der Waals surface area contributed by atoms with Crippen LogP contribution in [-0.4, -0.2) is 6.61 Å². The molecule has 0 fully saturated rings. The zero-order valence-electron chi connectivity index (χ0n) is 10.6. The SMILES string of the molecule is C=C(/C=C\C(=C)C(=C)C)COc1ccccc1Br. The predicted molar refractivity (Wildman–Crippen MR) is 81.9 cm³/mol. The maximum absolute atomic E-state index is 5.64. The van der Waals surface area contributed by atoms with Gasteiger partial charge in [0.25, 0.3) is 0 Å². The Morgan fingerprint density at radius 3 is 2.50 bits per heavy atom. The third-order valence-corrected chi connectivity index (χ3v) is 2.97. The van der Waals surface area contributed by atoms with E-state index in [9.17, 15) is 0 Å². The molecule has 18 heavy (non-hydrogen) atoms. The lowest BCUT2D eigenvalue weighted by atomic mass is 10.1. The summed E-state index contributed by atoms with van der Waals surface area (Å²) in [5.41, 5.74) is 2.73. The molecule has 0 aliphatic carbocycles. The molecule has 0 spiro atoms. The first-order chi connectivity index (χ1) is 8.50. The molecule has 1 rings (SSSR count). The molecule has 1 nitrogen and oxygen atoms in total. The van der Waals surface area contributed by atoms with E-state index in [4.69, 9.17) is 4.74 Å². The number of halogens is 1. The fourth-order valence-corrected chi connectivity index (χ4v) is 1.54. The van der Waals surface area contributed by atoms with Gasteiger partial charge in [0, 0.05) is 0 Å². The molecule has 0 bridgehead atoms. The molecule has 1 aromatic rings. The van der Waals surface area contributed by atoms with E-state index < -0.39 is 0 Å². The molecule has 2 heteroatoms. The van der Waals surface area contributed by atoms with Gasteiger partial charge in [-0.05, 0) is 46.1 Å². The number of hydrogen-bond acceptors (Lipinski definition) is 1. The number of allylic oxidation sites excluding steroid dienone is 3. The van der Waals surface area contributed by atoms with Crippen LogP contribution in [0, 0.1) is 0 Å². The Hall–Kier alpha value is -1.54.